The summed E-state index contributed by atoms with van der Waals surface area (Å²) >= 11 is 0. The molecule has 2 fully saturated rings. The van der Waals surface area contributed by atoms with Crippen LogP contribution in [0.15, 0.2) is 24.3 Å². The molecule has 0 unspecified atom stereocenters. The van der Waals surface area contributed by atoms with Gasteiger partial charge >= 0.3 is 0 Å². The summed E-state index contributed by atoms with van der Waals surface area (Å²) in [4.78, 5) is 28.1. The molecule has 2 amide bonds. The number of likely N-dealkylation sites (tertiary alicyclic amines) is 2. The number of aromatic hydroxyl groups is 1. The molecular formula is C19H26N2O3. The summed E-state index contributed by atoms with van der Waals surface area (Å²) in [6.45, 7) is 1.77. The normalized spacial score (nSPS) is 21.3. The molecule has 2 aliphatic rings. The first-order valence-electron chi connectivity index (χ1n) is 8.98. The molecule has 1 aromatic carbocycles. The number of benzene rings is 1. The number of phenolic OH excluding ortho intramolecular Hbond substituents is 1. The molecule has 2 saturated heterocycles. The topological polar surface area (TPSA) is 60.9 Å². The molecule has 2 heterocycles. The summed E-state index contributed by atoms with van der Waals surface area (Å²) in [7, 11) is 0. The van der Waals surface area contributed by atoms with Crippen molar-refractivity contribution in [2.24, 2.45) is 0 Å². The second-order valence-corrected chi connectivity index (χ2v) is 6.86. The zero-order valence-corrected chi connectivity index (χ0v) is 14.1. The van der Waals surface area contributed by atoms with Crippen molar-refractivity contribution in [2.75, 3.05) is 19.6 Å². The average Bonchev–Trinajstić information content (AvgIpc) is 2.99. The average molecular weight is 330 g/mol. The molecular weight excluding hydrogens is 304 g/mol. The van der Waals surface area contributed by atoms with Gasteiger partial charge in [0.25, 0.3) is 0 Å². The van der Waals surface area contributed by atoms with Crippen molar-refractivity contribution in [2.45, 2.75) is 51.0 Å². The van der Waals surface area contributed by atoms with E-state index in [4.69, 9.17) is 0 Å². The Morgan fingerprint density at radius 2 is 1.92 bits per heavy atom. The van der Waals surface area contributed by atoms with Gasteiger partial charge in [0, 0.05) is 25.6 Å². The van der Waals surface area contributed by atoms with Gasteiger partial charge in [-0.1, -0.05) is 12.1 Å². The molecule has 1 N–H and O–H groups in total. The highest BCUT2D eigenvalue weighted by Gasteiger charge is 2.30. The van der Waals surface area contributed by atoms with Crippen LogP contribution in [-0.4, -0.2) is 52.4 Å². The monoisotopic (exact) mass is 330 g/mol. The molecule has 0 aromatic heterocycles. The SMILES string of the molecule is O=C1CCCN1CC(=O)N1CCCC[C@H]1CCc1ccc(O)cc1. The maximum absolute atomic E-state index is 12.7. The number of carbonyl (C=O) groups is 2. The number of amides is 2. The van der Waals surface area contributed by atoms with Gasteiger partial charge in [-0.3, -0.25) is 9.59 Å². The van der Waals surface area contributed by atoms with Gasteiger partial charge in [0.15, 0.2) is 0 Å². The van der Waals surface area contributed by atoms with Crippen molar-refractivity contribution in [3.63, 3.8) is 0 Å². The lowest BCUT2D eigenvalue weighted by molar-refractivity contribution is -0.141. The van der Waals surface area contributed by atoms with Crippen LogP contribution >= 0.6 is 0 Å². The van der Waals surface area contributed by atoms with Crippen molar-refractivity contribution in [1.82, 2.24) is 9.80 Å². The molecule has 0 spiro atoms. The van der Waals surface area contributed by atoms with E-state index >= 15 is 0 Å². The van der Waals surface area contributed by atoms with Crippen LogP contribution in [0.2, 0.25) is 0 Å². The third-order valence-electron chi connectivity index (χ3n) is 5.15. The molecule has 2 aliphatic heterocycles. The van der Waals surface area contributed by atoms with Crippen LogP contribution in [0.4, 0.5) is 0 Å². The van der Waals surface area contributed by atoms with E-state index in [0.717, 1.165) is 51.6 Å². The van der Waals surface area contributed by atoms with E-state index in [0.29, 0.717) is 6.42 Å². The van der Waals surface area contributed by atoms with E-state index in [1.807, 2.05) is 17.0 Å². The Kier molecular flexibility index (Phi) is 5.38. The van der Waals surface area contributed by atoms with E-state index in [9.17, 15) is 14.7 Å². The Morgan fingerprint density at radius 1 is 1.12 bits per heavy atom. The van der Waals surface area contributed by atoms with Gasteiger partial charge < -0.3 is 14.9 Å². The quantitative estimate of drug-likeness (QED) is 0.901. The molecule has 0 radical (unpaired) electrons. The number of hydrogen-bond acceptors (Lipinski definition) is 3. The zero-order valence-electron chi connectivity index (χ0n) is 14.1. The number of phenols is 1. The summed E-state index contributed by atoms with van der Waals surface area (Å²) in [5.74, 6) is 0.491. The van der Waals surface area contributed by atoms with Crippen LogP contribution < -0.4 is 0 Å². The van der Waals surface area contributed by atoms with Crippen molar-refractivity contribution in [3.05, 3.63) is 29.8 Å². The van der Waals surface area contributed by atoms with Gasteiger partial charge in [0.1, 0.15) is 5.75 Å². The summed E-state index contributed by atoms with van der Waals surface area (Å²) in [6.07, 6.45) is 6.54. The van der Waals surface area contributed by atoms with E-state index < -0.39 is 0 Å². The molecule has 3 rings (SSSR count). The minimum absolute atomic E-state index is 0.0978. The number of aryl methyl sites for hydroxylation is 1. The van der Waals surface area contributed by atoms with Gasteiger partial charge in [0.2, 0.25) is 11.8 Å². The van der Waals surface area contributed by atoms with E-state index in [1.165, 1.54) is 5.56 Å². The minimum Gasteiger partial charge on any atom is -0.508 e. The van der Waals surface area contributed by atoms with Crippen LogP contribution in [-0.2, 0) is 16.0 Å². The van der Waals surface area contributed by atoms with Crippen molar-refractivity contribution in [1.29, 1.82) is 0 Å². The standard InChI is InChI=1S/C19H26N2O3/c22-17-10-7-15(8-11-17)6-9-16-4-1-2-13-21(16)19(24)14-20-12-3-5-18(20)23/h7-8,10-11,16,22H,1-6,9,12-14H2/t16-/m0/s1. The van der Waals surface area contributed by atoms with Crippen molar-refractivity contribution >= 4 is 11.8 Å². The molecule has 1 atom stereocenters. The van der Waals surface area contributed by atoms with Gasteiger partial charge in [0.05, 0.1) is 6.54 Å². The summed E-state index contributed by atoms with van der Waals surface area (Å²) in [6, 6.07) is 7.55. The second kappa shape index (κ2) is 7.69. The Morgan fingerprint density at radius 3 is 2.62 bits per heavy atom. The van der Waals surface area contributed by atoms with Crippen molar-refractivity contribution < 1.29 is 14.7 Å². The lowest BCUT2D eigenvalue weighted by Crippen LogP contribution is -2.48. The Balaban J connectivity index is 1.57. The molecule has 0 aliphatic carbocycles. The van der Waals surface area contributed by atoms with Gasteiger partial charge in [-0.25, -0.2) is 0 Å². The Labute approximate surface area is 143 Å². The smallest absolute Gasteiger partial charge is 0.242 e. The first kappa shape index (κ1) is 16.8. The highest BCUT2D eigenvalue weighted by Crippen LogP contribution is 2.23. The lowest BCUT2D eigenvalue weighted by atomic mass is 9.95. The Bertz CT molecular complexity index is 585. The predicted molar refractivity (Wildman–Crippen MR) is 91.6 cm³/mol. The van der Waals surface area contributed by atoms with Crippen molar-refractivity contribution in [3.8, 4) is 5.75 Å². The third kappa shape index (κ3) is 4.08. The fourth-order valence-corrected chi connectivity index (χ4v) is 3.75. The summed E-state index contributed by atoms with van der Waals surface area (Å²) in [5, 5.41) is 9.36. The van der Waals surface area contributed by atoms with Crippen LogP contribution in [0.25, 0.3) is 0 Å². The predicted octanol–water partition coefficient (Wildman–Crippen LogP) is 2.33. The van der Waals surface area contributed by atoms with Gasteiger partial charge in [-0.05, 0) is 56.2 Å². The fraction of sp³-hybridized carbons (Fsp3) is 0.579. The molecule has 1 aromatic rings. The third-order valence-corrected chi connectivity index (χ3v) is 5.15. The van der Waals surface area contributed by atoms with Gasteiger partial charge in [-0.2, -0.15) is 0 Å². The molecule has 130 valence electrons. The van der Waals surface area contributed by atoms with Crippen LogP contribution in [0.3, 0.4) is 0 Å². The minimum atomic E-state index is 0.0978. The fourth-order valence-electron chi connectivity index (χ4n) is 3.75. The number of nitrogens with zero attached hydrogens (tertiary/aromatic N) is 2. The Hall–Kier alpha value is -2.04. The van der Waals surface area contributed by atoms with E-state index in [2.05, 4.69) is 0 Å². The van der Waals surface area contributed by atoms with Crippen LogP contribution in [0, 0.1) is 0 Å². The maximum Gasteiger partial charge on any atom is 0.242 e. The van der Waals surface area contributed by atoms with Gasteiger partial charge in [-0.15, -0.1) is 0 Å². The first-order valence-corrected chi connectivity index (χ1v) is 8.98. The van der Waals surface area contributed by atoms with Crippen LogP contribution in [0.1, 0.15) is 44.1 Å². The molecule has 5 nitrogen and oxygen atoms in total. The number of hydrogen-bond donors (Lipinski definition) is 1. The zero-order chi connectivity index (χ0) is 16.9. The molecule has 5 heteroatoms. The van der Waals surface area contributed by atoms with Crippen LogP contribution in [0.5, 0.6) is 5.75 Å². The highest BCUT2D eigenvalue weighted by atomic mass is 16.3. The number of carbonyl (C=O) groups excluding carboxylic acids is 2. The van der Waals surface area contributed by atoms with E-state index in [1.54, 1.807) is 17.0 Å². The largest absolute Gasteiger partial charge is 0.508 e. The summed E-state index contributed by atoms with van der Waals surface area (Å²) < 4.78 is 0. The highest BCUT2D eigenvalue weighted by molar-refractivity contribution is 5.86. The van der Waals surface area contributed by atoms with E-state index in [-0.39, 0.29) is 30.2 Å². The second-order valence-electron chi connectivity index (χ2n) is 6.86. The molecule has 0 saturated carbocycles. The number of rotatable bonds is 5. The summed E-state index contributed by atoms with van der Waals surface area (Å²) in [5.41, 5.74) is 1.18. The lowest BCUT2D eigenvalue weighted by Gasteiger charge is -2.37. The maximum atomic E-state index is 12.7. The first-order chi connectivity index (χ1) is 11.6. The molecule has 24 heavy (non-hydrogen) atoms. The molecule has 0 bridgehead atoms. The number of piperidine rings is 1.